The number of rotatable bonds is 2. The second-order valence-corrected chi connectivity index (χ2v) is 6.42. The summed E-state index contributed by atoms with van der Waals surface area (Å²) in [6, 6.07) is 1.49. The lowest BCUT2D eigenvalue weighted by Gasteiger charge is -2.17. The molecule has 0 unspecified atom stereocenters. The van der Waals surface area contributed by atoms with Crippen LogP contribution >= 0.6 is 11.8 Å². The molecule has 1 aromatic rings. The van der Waals surface area contributed by atoms with Crippen LogP contribution in [0, 0.1) is 0 Å². The Bertz CT molecular complexity index is 394. The molecule has 2 rings (SSSR count). The minimum atomic E-state index is -3.34. The lowest BCUT2D eigenvalue weighted by molar-refractivity contribution is 0.432. The third-order valence-corrected chi connectivity index (χ3v) is 5.15. The fraction of sp³-hybridized carbons (Fsp3) is 0.625. The van der Waals surface area contributed by atoms with Crippen molar-refractivity contribution < 1.29 is 8.42 Å². The van der Waals surface area contributed by atoms with Gasteiger partial charge in [-0.2, -0.15) is 21.2 Å². The Hall–Kier alpha value is -0.530. The van der Waals surface area contributed by atoms with E-state index < -0.39 is 10.0 Å². The molecule has 0 amide bonds. The van der Waals surface area contributed by atoms with Gasteiger partial charge in [0.05, 0.1) is 6.20 Å². The molecule has 1 N–H and O–H groups in total. The molecule has 0 radical (unpaired) electrons. The molecule has 0 saturated carbocycles. The average molecular weight is 247 g/mol. The van der Waals surface area contributed by atoms with Gasteiger partial charge in [0, 0.05) is 18.8 Å². The predicted octanol–water partition coefficient (Wildman–Crippen LogP) is 0.537. The molecule has 1 aromatic heterocycles. The normalized spacial score (nSPS) is 20.0. The van der Waals surface area contributed by atoms with Gasteiger partial charge in [-0.25, -0.2) is 8.42 Å². The third-order valence-electron chi connectivity index (χ3n) is 2.27. The van der Waals surface area contributed by atoms with Crippen molar-refractivity contribution >= 4 is 21.8 Å². The highest BCUT2D eigenvalue weighted by atomic mass is 32.2. The molecule has 15 heavy (non-hydrogen) atoms. The molecular weight excluding hydrogens is 234 g/mol. The molecule has 1 saturated heterocycles. The van der Waals surface area contributed by atoms with Gasteiger partial charge in [0.1, 0.15) is 0 Å². The zero-order valence-corrected chi connectivity index (χ0v) is 9.85. The summed E-state index contributed by atoms with van der Waals surface area (Å²) in [7, 11) is -3.34. The molecule has 0 bridgehead atoms. The Balaban J connectivity index is 2.21. The Kier molecular flexibility index (Phi) is 3.32. The number of sulfonamides is 1. The summed E-state index contributed by atoms with van der Waals surface area (Å²) >= 11 is 1.80. The predicted molar refractivity (Wildman–Crippen MR) is 59.3 cm³/mol. The second-order valence-electron chi connectivity index (χ2n) is 3.29. The standard InChI is InChI=1S/C8H13N3O2S2/c12-15(13,8-2-3-9-10-8)11-4-1-6-14-7-5-11/h2-3H,1,4-7H2,(H,9,10). The highest BCUT2D eigenvalue weighted by molar-refractivity contribution is 7.99. The highest BCUT2D eigenvalue weighted by Crippen LogP contribution is 2.17. The number of hydrogen-bond acceptors (Lipinski definition) is 4. The lowest BCUT2D eigenvalue weighted by atomic mass is 10.5. The highest BCUT2D eigenvalue weighted by Gasteiger charge is 2.25. The van der Waals surface area contributed by atoms with Crippen LogP contribution in [0.15, 0.2) is 17.3 Å². The SMILES string of the molecule is O=S(=O)(c1ccn[nH]1)N1CCCSCC1. The molecule has 0 aliphatic carbocycles. The van der Waals surface area contributed by atoms with E-state index in [4.69, 9.17) is 0 Å². The maximum atomic E-state index is 12.0. The van der Waals surface area contributed by atoms with Gasteiger partial charge in [-0.05, 0) is 18.2 Å². The average Bonchev–Trinajstić information content (AvgIpc) is 2.61. The number of hydrogen-bond donors (Lipinski definition) is 1. The van der Waals surface area contributed by atoms with Crippen LogP contribution in [0.1, 0.15) is 6.42 Å². The Morgan fingerprint density at radius 1 is 1.40 bits per heavy atom. The van der Waals surface area contributed by atoms with Crippen molar-refractivity contribution in [2.45, 2.75) is 11.4 Å². The Labute approximate surface area is 93.3 Å². The first-order valence-corrected chi connectivity index (χ1v) is 7.38. The van der Waals surface area contributed by atoms with Gasteiger partial charge in [0.25, 0.3) is 10.0 Å². The molecule has 0 atom stereocenters. The van der Waals surface area contributed by atoms with Crippen LogP contribution < -0.4 is 0 Å². The molecule has 0 spiro atoms. The van der Waals surface area contributed by atoms with E-state index in [-0.39, 0.29) is 5.03 Å². The maximum absolute atomic E-state index is 12.0. The summed E-state index contributed by atoms with van der Waals surface area (Å²) in [6.07, 6.45) is 2.37. The van der Waals surface area contributed by atoms with E-state index in [1.165, 1.54) is 16.6 Å². The molecule has 84 valence electrons. The van der Waals surface area contributed by atoms with Crippen molar-refractivity contribution in [3.05, 3.63) is 12.3 Å². The summed E-state index contributed by atoms with van der Waals surface area (Å²) in [5.74, 6) is 1.91. The monoisotopic (exact) mass is 247 g/mol. The van der Waals surface area contributed by atoms with Crippen molar-refractivity contribution in [2.24, 2.45) is 0 Å². The van der Waals surface area contributed by atoms with Crippen molar-refractivity contribution in [3.8, 4) is 0 Å². The second kappa shape index (κ2) is 4.54. The van der Waals surface area contributed by atoms with Crippen molar-refractivity contribution in [2.75, 3.05) is 24.6 Å². The summed E-state index contributed by atoms with van der Waals surface area (Å²) in [4.78, 5) is 0. The first kappa shape index (κ1) is 11.0. The minimum Gasteiger partial charge on any atom is -0.266 e. The van der Waals surface area contributed by atoms with Crippen LogP contribution in [0.5, 0.6) is 0 Å². The molecule has 2 heterocycles. The van der Waals surface area contributed by atoms with Crippen molar-refractivity contribution in [1.82, 2.24) is 14.5 Å². The first-order valence-electron chi connectivity index (χ1n) is 4.78. The number of aromatic nitrogens is 2. The fourth-order valence-corrected chi connectivity index (χ4v) is 3.87. The molecule has 1 fully saturated rings. The third kappa shape index (κ3) is 2.35. The zero-order valence-electron chi connectivity index (χ0n) is 8.22. The van der Waals surface area contributed by atoms with Gasteiger partial charge in [-0.15, -0.1) is 0 Å². The number of thioether (sulfide) groups is 1. The molecule has 5 nitrogen and oxygen atoms in total. The van der Waals surface area contributed by atoms with E-state index in [0.29, 0.717) is 13.1 Å². The van der Waals surface area contributed by atoms with Crippen LogP contribution in [0.4, 0.5) is 0 Å². The van der Waals surface area contributed by atoms with Gasteiger partial charge in [-0.1, -0.05) is 0 Å². The fourth-order valence-electron chi connectivity index (χ4n) is 1.49. The topological polar surface area (TPSA) is 66.1 Å². The van der Waals surface area contributed by atoms with Gasteiger partial charge < -0.3 is 0 Å². The summed E-state index contributed by atoms with van der Waals surface area (Å²) in [5, 5.41) is 6.37. The van der Waals surface area contributed by atoms with Gasteiger partial charge in [0.2, 0.25) is 0 Å². The van der Waals surface area contributed by atoms with Crippen LogP contribution in [0.2, 0.25) is 0 Å². The van der Waals surface area contributed by atoms with Crippen LogP contribution in [-0.2, 0) is 10.0 Å². The Morgan fingerprint density at radius 3 is 3.00 bits per heavy atom. The smallest absolute Gasteiger partial charge is 0.259 e. The lowest BCUT2D eigenvalue weighted by Crippen LogP contribution is -2.33. The number of aromatic amines is 1. The van der Waals surface area contributed by atoms with Gasteiger partial charge in [-0.3, -0.25) is 5.10 Å². The molecule has 7 heteroatoms. The van der Waals surface area contributed by atoms with Crippen molar-refractivity contribution in [3.63, 3.8) is 0 Å². The molecule has 0 aromatic carbocycles. The van der Waals surface area contributed by atoms with Gasteiger partial charge in [0.15, 0.2) is 5.03 Å². The summed E-state index contributed by atoms with van der Waals surface area (Å²) in [5.41, 5.74) is 0. The van der Waals surface area contributed by atoms with E-state index in [0.717, 1.165) is 17.9 Å². The summed E-state index contributed by atoms with van der Waals surface area (Å²) < 4.78 is 25.6. The van der Waals surface area contributed by atoms with Crippen LogP contribution in [0.3, 0.4) is 0 Å². The number of nitrogens with one attached hydrogen (secondary N) is 1. The Morgan fingerprint density at radius 2 is 2.27 bits per heavy atom. The van der Waals surface area contributed by atoms with E-state index in [1.54, 1.807) is 11.8 Å². The van der Waals surface area contributed by atoms with Crippen molar-refractivity contribution in [1.29, 1.82) is 0 Å². The van der Waals surface area contributed by atoms with E-state index in [1.807, 2.05) is 0 Å². The van der Waals surface area contributed by atoms with E-state index in [2.05, 4.69) is 10.2 Å². The first-order chi connectivity index (χ1) is 7.21. The number of H-pyrrole nitrogens is 1. The quantitative estimate of drug-likeness (QED) is 0.828. The van der Waals surface area contributed by atoms with E-state index >= 15 is 0 Å². The molecule has 1 aliphatic rings. The largest absolute Gasteiger partial charge is 0.266 e. The summed E-state index contributed by atoms with van der Waals surface area (Å²) in [6.45, 7) is 1.19. The van der Waals surface area contributed by atoms with E-state index in [9.17, 15) is 8.42 Å². The van der Waals surface area contributed by atoms with Crippen LogP contribution in [-0.4, -0.2) is 47.5 Å². The van der Waals surface area contributed by atoms with Gasteiger partial charge >= 0.3 is 0 Å². The van der Waals surface area contributed by atoms with Crippen LogP contribution in [0.25, 0.3) is 0 Å². The maximum Gasteiger partial charge on any atom is 0.259 e. The molecular formula is C8H13N3O2S2. The number of nitrogens with zero attached hydrogens (tertiary/aromatic N) is 2. The zero-order chi connectivity index (χ0) is 10.7. The molecule has 1 aliphatic heterocycles. The minimum absolute atomic E-state index is 0.189.